The Balaban J connectivity index is 0.00000180. The van der Waals surface area contributed by atoms with Gasteiger partial charge in [-0.2, -0.15) is 0 Å². The van der Waals surface area contributed by atoms with Crippen molar-refractivity contribution in [3.63, 3.8) is 0 Å². The highest BCUT2D eigenvalue weighted by atomic mass is 35.5. The average molecular weight is 282 g/mol. The molecular formula is C15H17ClFNO. The van der Waals surface area contributed by atoms with Gasteiger partial charge in [-0.15, -0.1) is 19.0 Å². The van der Waals surface area contributed by atoms with Gasteiger partial charge in [-0.25, -0.2) is 4.39 Å². The zero-order chi connectivity index (χ0) is 13.0. The monoisotopic (exact) mass is 281 g/mol. The summed E-state index contributed by atoms with van der Waals surface area (Å²) in [7, 11) is 0. The predicted molar refractivity (Wildman–Crippen MR) is 78.2 cm³/mol. The lowest BCUT2D eigenvalue weighted by molar-refractivity contribution is 0.476. The Morgan fingerprint density at radius 1 is 1.32 bits per heavy atom. The summed E-state index contributed by atoms with van der Waals surface area (Å²) in [4.78, 5) is 0. The quantitative estimate of drug-likeness (QED) is 0.784. The molecule has 0 radical (unpaired) electrons. The van der Waals surface area contributed by atoms with Gasteiger partial charge < -0.3 is 9.73 Å². The number of anilines is 1. The Morgan fingerprint density at radius 2 is 2.05 bits per heavy atom. The second kappa shape index (κ2) is 7.00. The molecule has 19 heavy (non-hydrogen) atoms. The number of hydrogen-bond acceptors (Lipinski definition) is 2. The van der Waals surface area contributed by atoms with Crippen molar-refractivity contribution in [2.45, 2.75) is 19.4 Å². The first-order chi connectivity index (χ1) is 8.66. The maximum absolute atomic E-state index is 13.6. The number of rotatable bonds is 5. The van der Waals surface area contributed by atoms with Gasteiger partial charge in [-0.1, -0.05) is 17.7 Å². The normalized spacial score (nSPS) is 11.5. The summed E-state index contributed by atoms with van der Waals surface area (Å²) in [6.45, 7) is 5.84. The van der Waals surface area contributed by atoms with Gasteiger partial charge in [0.25, 0.3) is 0 Å². The second-order valence-corrected chi connectivity index (χ2v) is 4.35. The summed E-state index contributed by atoms with van der Waals surface area (Å²) >= 11 is 0. The van der Waals surface area contributed by atoms with Gasteiger partial charge in [0.2, 0.25) is 0 Å². The van der Waals surface area contributed by atoms with Crippen LogP contribution < -0.4 is 5.32 Å². The lowest BCUT2D eigenvalue weighted by atomic mass is 10.1. The van der Waals surface area contributed by atoms with Crippen LogP contribution in [0.5, 0.6) is 0 Å². The Labute approximate surface area is 118 Å². The Morgan fingerprint density at radius 3 is 2.63 bits per heavy atom. The number of hydrogen-bond donors (Lipinski definition) is 1. The molecule has 0 bridgehead atoms. The summed E-state index contributed by atoms with van der Waals surface area (Å²) in [5.74, 6) is 0.511. The molecule has 0 spiro atoms. The largest absolute Gasteiger partial charge is 0.467 e. The number of halogens is 2. The van der Waals surface area contributed by atoms with Gasteiger partial charge >= 0.3 is 0 Å². The molecule has 2 aromatic rings. The highest BCUT2D eigenvalue weighted by Crippen LogP contribution is 2.26. The lowest BCUT2D eigenvalue weighted by Gasteiger charge is -2.18. The predicted octanol–water partition coefficient (Wildman–Crippen LogP) is 4.96. The molecule has 2 rings (SSSR count). The van der Waals surface area contributed by atoms with Gasteiger partial charge in [0.05, 0.1) is 18.0 Å². The van der Waals surface area contributed by atoms with E-state index in [1.54, 1.807) is 24.5 Å². The van der Waals surface area contributed by atoms with Gasteiger partial charge in [0.1, 0.15) is 11.6 Å². The van der Waals surface area contributed by atoms with Gasteiger partial charge in [-0.3, -0.25) is 0 Å². The molecule has 1 atom stereocenters. The van der Waals surface area contributed by atoms with Crippen molar-refractivity contribution in [1.82, 2.24) is 0 Å². The van der Waals surface area contributed by atoms with E-state index in [0.29, 0.717) is 12.1 Å². The molecule has 1 heterocycles. The third-order valence-corrected chi connectivity index (χ3v) is 2.64. The molecule has 0 fully saturated rings. The lowest BCUT2D eigenvalue weighted by Crippen LogP contribution is -2.11. The van der Waals surface area contributed by atoms with E-state index >= 15 is 0 Å². The van der Waals surface area contributed by atoms with E-state index in [9.17, 15) is 4.39 Å². The van der Waals surface area contributed by atoms with E-state index in [1.807, 2.05) is 19.1 Å². The Hall–Kier alpha value is -1.74. The molecule has 1 N–H and O–H groups in total. The zero-order valence-corrected chi connectivity index (χ0v) is 11.5. The molecule has 0 saturated carbocycles. The van der Waals surface area contributed by atoms with Crippen LogP contribution >= 0.6 is 12.4 Å². The number of nitrogens with one attached hydrogen (secondary N) is 1. The van der Waals surface area contributed by atoms with Crippen LogP contribution in [0.25, 0.3) is 0 Å². The van der Waals surface area contributed by atoms with E-state index in [0.717, 1.165) is 11.3 Å². The van der Waals surface area contributed by atoms with Gasteiger partial charge in [0, 0.05) is 0 Å². The number of benzene rings is 1. The average Bonchev–Trinajstić information content (AvgIpc) is 2.84. The molecule has 0 aliphatic carbocycles. The van der Waals surface area contributed by atoms with E-state index in [4.69, 9.17) is 4.42 Å². The van der Waals surface area contributed by atoms with Crippen LogP contribution in [0.2, 0.25) is 0 Å². The first-order valence-corrected chi connectivity index (χ1v) is 5.85. The number of furan rings is 1. The summed E-state index contributed by atoms with van der Waals surface area (Å²) in [6, 6.07) is 10.2. The third kappa shape index (κ3) is 4.14. The maximum Gasteiger partial charge on any atom is 0.146 e. The Bertz CT molecular complexity index is 525. The van der Waals surface area contributed by atoms with Gasteiger partial charge in [-0.05, 0) is 37.6 Å². The van der Waals surface area contributed by atoms with Crippen LogP contribution in [0.15, 0.2) is 59.2 Å². The van der Waals surface area contributed by atoms with Crippen molar-refractivity contribution < 1.29 is 8.81 Å². The molecular weight excluding hydrogens is 265 g/mol. The minimum atomic E-state index is -0.268. The van der Waals surface area contributed by atoms with Crippen molar-refractivity contribution in [2.24, 2.45) is 0 Å². The molecule has 0 aliphatic heterocycles. The van der Waals surface area contributed by atoms with E-state index in [-0.39, 0.29) is 24.3 Å². The maximum atomic E-state index is 13.6. The smallest absolute Gasteiger partial charge is 0.146 e. The zero-order valence-electron chi connectivity index (χ0n) is 10.7. The topological polar surface area (TPSA) is 25.2 Å². The van der Waals surface area contributed by atoms with Crippen LogP contribution in [-0.4, -0.2) is 0 Å². The first-order valence-electron chi connectivity index (χ1n) is 5.85. The highest BCUT2D eigenvalue weighted by molar-refractivity contribution is 5.85. The van der Waals surface area contributed by atoms with Crippen LogP contribution in [0, 0.1) is 5.82 Å². The fourth-order valence-electron chi connectivity index (χ4n) is 1.83. The molecule has 1 aromatic carbocycles. The van der Waals surface area contributed by atoms with Crippen LogP contribution in [0.3, 0.4) is 0 Å². The molecule has 2 nitrogen and oxygen atoms in total. The van der Waals surface area contributed by atoms with Crippen molar-refractivity contribution in [2.75, 3.05) is 5.32 Å². The molecule has 0 aliphatic rings. The van der Waals surface area contributed by atoms with Crippen LogP contribution in [0.1, 0.15) is 25.1 Å². The fourth-order valence-corrected chi connectivity index (χ4v) is 1.83. The Kier molecular flexibility index (Phi) is 5.64. The minimum absolute atomic E-state index is 0. The van der Waals surface area contributed by atoms with Gasteiger partial charge in [0.15, 0.2) is 0 Å². The minimum Gasteiger partial charge on any atom is -0.467 e. The standard InChI is InChI=1S/C15H16FNO.ClH/c1-11(2)10-14(15-8-5-9-18-15)17-13-7-4-3-6-12(13)16;/h3-9,14,17H,1,10H2,2H3;1H. The fraction of sp³-hybridized carbons (Fsp3) is 0.200. The molecule has 4 heteroatoms. The van der Waals surface area contributed by atoms with E-state index in [2.05, 4.69) is 11.9 Å². The second-order valence-electron chi connectivity index (χ2n) is 4.35. The summed E-state index contributed by atoms with van der Waals surface area (Å²) in [5, 5.41) is 3.15. The van der Waals surface area contributed by atoms with Crippen molar-refractivity contribution in [1.29, 1.82) is 0 Å². The van der Waals surface area contributed by atoms with Crippen LogP contribution in [-0.2, 0) is 0 Å². The third-order valence-electron chi connectivity index (χ3n) is 2.64. The van der Waals surface area contributed by atoms with Crippen molar-refractivity contribution >= 4 is 18.1 Å². The molecule has 102 valence electrons. The number of para-hydroxylation sites is 1. The molecule has 1 aromatic heterocycles. The van der Waals surface area contributed by atoms with Crippen molar-refractivity contribution in [3.8, 4) is 0 Å². The van der Waals surface area contributed by atoms with Crippen molar-refractivity contribution in [3.05, 3.63) is 66.4 Å². The summed E-state index contributed by atoms with van der Waals surface area (Å²) < 4.78 is 19.0. The molecule has 1 unspecified atom stereocenters. The molecule has 0 amide bonds. The van der Waals surface area contributed by atoms with Crippen LogP contribution in [0.4, 0.5) is 10.1 Å². The molecule has 0 saturated heterocycles. The SMILES string of the molecule is C=C(C)CC(Nc1ccccc1F)c1ccco1.Cl. The summed E-state index contributed by atoms with van der Waals surface area (Å²) in [5.41, 5.74) is 1.49. The summed E-state index contributed by atoms with van der Waals surface area (Å²) in [6.07, 6.45) is 2.31. The van der Waals surface area contributed by atoms with E-state index < -0.39 is 0 Å². The van der Waals surface area contributed by atoms with E-state index in [1.165, 1.54) is 6.07 Å². The highest BCUT2D eigenvalue weighted by Gasteiger charge is 2.15. The first kappa shape index (κ1) is 15.3.